The van der Waals surface area contributed by atoms with Crippen molar-refractivity contribution in [2.75, 3.05) is 23.7 Å². The summed E-state index contributed by atoms with van der Waals surface area (Å²) in [7, 11) is 0. The number of nitrogens with zero attached hydrogens (tertiary/aromatic N) is 2. The number of rotatable bonds is 2. The maximum atomic E-state index is 14.4. The quantitative estimate of drug-likeness (QED) is 0.900. The maximum Gasteiger partial charge on any atom is 0.270 e. The van der Waals surface area contributed by atoms with Crippen molar-refractivity contribution in [3.63, 3.8) is 0 Å². The number of halogens is 3. The molecule has 0 bridgehead atoms. The topological polar surface area (TPSA) is 42.1 Å². The van der Waals surface area contributed by atoms with Crippen LogP contribution in [0, 0.1) is 11.2 Å². The van der Waals surface area contributed by atoms with Gasteiger partial charge in [-0.1, -0.05) is 18.2 Å². The van der Waals surface area contributed by atoms with Crippen LogP contribution in [0.1, 0.15) is 19.3 Å². The van der Waals surface area contributed by atoms with Crippen LogP contribution in [0.3, 0.4) is 0 Å². The Morgan fingerprint density at radius 2 is 1.79 bits per heavy atom. The number of anilines is 2. The van der Waals surface area contributed by atoms with E-state index in [4.69, 9.17) is 5.73 Å². The van der Waals surface area contributed by atoms with Crippen LogP contribution in [0.5, 0.6) is 0 Å². The van der Waals surface area contributed by atoms with Gasteiger partial charge in [0.15, 0.2) is 5.82 Å². The monoisotopic (exact) mass is 333 g/mol. The lowest BCUT2D eigenvalue weighted by molar-refractivity contribution is -0.0795. The second-order valence-electron chi connectivity index (χ2n) is 6.73. The summed E-state index contributed by atoms with van der Waals surface area (Å²) in [5, 5.41) is 0. The van der Waals surface area contributed by atoms with Gasteiger partial charge in [0.2, 0.25) is 0 Å². The lowest BCUT2D eigenvalue weighted by Crippen LogP contribution is -2.50. The van der Waals surface area contributed by atoms with Gasteiger partial charge in [0.05, 0.1) is 12.2 Å². The largest absolute Gasteiger partial charge is 0.395 e. The highest BCUT2D eigenvalue weighted by molar-refractivity contribution is 5.84. The van der Waals surface area contributed by atoms with Crippen molar-refractivity contribution in [2.45, 2.75) is 25.2 Å². The van der Waals surface area contributed by atoms with Crippen LogP contribution in [0.15, 0.2) is 36.5 Å². The summed E-state index contributed by atoms with van der Waals surface area (Å²) >= 11 is 0. The van der Waals surface area contributed by atoms with Gasteiger partial charge in [-0.3, -0.25) is 0 Å². The van der Waals surface area contributed by atoms with Crippen LogP contribution < -0.4 is 10.6 Å². The van der Waals surface area contributed by atoms with Gasteiger partial charge in [0, 0.05) is 29.3 Å². The molecule has 0 unspecified atom stereocenters. The molecular weight excluding hydrogens is 315 g/mol. The van der Waals surface area contributed by atoms with Crippen LogP contribution in [-0.4, -0.2) is 24.0 Å². The normalized spacial score (nSPS) is 21.0. The molecule has 2 aliphatic rings. The number of nitrogen functional groups attached to an aromatic ring is 1. The standard InChI is InChI=1S/C18H18F3N3/c19-14-4-2-1-3-12(14)13-5-9-23-16(15(13)22)24-10-8-17(6-7-17)18(20,21)11-24/h1-5,9H,6-8,10-11,22H2. The molecule has 4 rings (SSSR count). The summed E-state index contributed by atoms with van der Waals surface area (Å²) in [5.41, 5.74) is 6.42. The van der Waals surface area contributed by atoms with Crippen LogP contribution in [0.4, 0.5) is 24.7 Å². The highest BCUT2D eigenvalue weighted by Gasteiger charge is 2.63. The molecular formula is C18H18F3N3. The first-order valence-electron chi connectivity index (χ1n) is 8.06. The van der Waals surface area contributed by atoms with Crippen LogP contribution in [0.25, 0.3) is 11.1 Å². The van der Waals surface area contributed by atoms with Gasteiger partial charge in [0.25, 0.3) is 5.92 Å². The van der Waals surface area contributed by atoms with Crippen molar-refractivity contribution < 1.29 is 13.2 Å². The fraction of sp³-hybridized carbons (Fsp3) is 0.389. The minimum Gasteiger partial charge on any atom is -0.395 e. The number of pyridine rings is 1. The molecule has 0 amide bonds. The second-order valence-corrected chi connectivity index (χ2v) is 6.73. The summed E-state index contributed by atoms with van der Waals surface area (Å²) in [6.07, 6.45) is 3.11. The predicted octanol–water partition coefficient (Wildman–Crippen LogP) is 4.10. The Morgan fingerprint density at radius 3 is 2.46 bits per heavy atom. The highest BCUT2D eigenvalue weighted by Crippen LogP contribution is 2.61. The zero-order chi connectivity index (χ0) is 16.9. The molecule has 3 nitrogen and oxygen atoms in total. The SMILES string of the molecule is Nc1c(-c2ccccc2F)ccnc1N1CCC2(CC2)C(F)(F)C1. The zero-order valence-electron chi connectivity index (χ0n) is 13.1. The molecule has 0 radical (unpaired) electrons. The molecule has 24 heavy (non-hydrogen) atoms. The number of piperidine rings is 1. The Morgan fingerprint density at radius 1 is 1.04 bits per heavy atom. The first-order chi connectivity index (χ1) is 11.4. The van der Waals surface area contributed by atoms with E-state index < -0.39 is 17.2 Å². The lowest BCUT2D eigenvalue weighted by Gasteiger charge is -2.39. The third kappa shape index (κ3) is 2.24. The van der Waals surface area contributed by atoms with Gasteiger partial charge in [-0.2, -0.15) is 0 Å². The third-order valence-electron chi connectivity index (χ3n) is 5.31. The average Bonchev–Trinajstić information content (AvgIpc) is 3.33. The number of alkyl halides is 2. The molecule has 1 aliphatic carbocycles. The Kier molecular flexibility index (Phi) is 3.27. The van der Waals surface area contributed by atoms with E-state index in [-0.39, 0.29) is 12.2 Å². The number of nitrogens with two attached hydrogens (primary N) is 1. The third-order valence-corrected chi connectivity index (χ3v) is 5.31. The van der Waals surface area contributed by atoms with Crippen molar-refractivity contribution in [3.8, 4) is 11.1 Å². The van der Waals surface area contributed by atoms with E-state index in [1.54, 1.807) is 24.3 Å². The van der Waals surface area contributed by atoms with E-state index in [1.165, 1.54) is 17.2 Å². The Balaban J connectivity index is 1.70. The second kappa shape index (κ2) is 5.13. The summed E-state index contributed by atoms with van der Waals surface area (Å²) in [6.45, 7) is 0.110. The number of benzene rings is 1. The molecule has 0 atom stereocenters. The summed E-state index contributed by atoms with van der Waals surface area (Å²) in [6, 6.07) is 7.89. The van der Waals surface area contributed by atoms with E-state index in [2.05, 4.69) is 4.98 Å². The zero-order valence-corrected chi connectivity index (χ0v) is 13.1. The Hall–Kier alpha value is -2.24. The molecule has 2 N–H and O–H groups in total. The average molecular weight is 333 g/mol. The van der Waals surface area contributed by atoms with Crippen molar-refractivity contribution in [3.05, 3.63) is 42.3 Å². The minimum absolute atomic E-state index is 0.241. The Bertz CT molecular complexity index is 787. The summed E-state index contributed by atoms with van der Waals surface area (Å²) in [4.78, 5) is 5.73. The van der Waals surface area contributed by atoms with Gasteiger partial charge in [-0.25, -0.2) is 18.2 Å². The van der Waals surface area contributed by atoms with Crippen LogP contribution in [0.2, 0.25) is 0 Å². The molecule has 2 aromatic rings. The van der Waals surface area contributed by atoms with E-state index in [0.717, 1.165) is 0 Å². The van der Waals surface area contributed by atoms with E-state index >= 15 is 0 Å². The molecule has 1 saturated heterocycles. The van der Waals surface area contributed by atoms with Crippen molar-refractivity contribution >= 4 is 11.5 Å². The summed E-state index contributed by atoms with van der Waals surface area (Å²) in [5.74, 6) is -2.83. The Labute approximate surface area is 138 Å². The molecule has 2 fully saturated rings. The molecule has 1 aliphatic heterocycles. The molecule has 1 saturated carbocycles. The van der Waals surface area contributed by atoms with Crippen molar-refractivity contribution in [1.29, 1.82) is 0 Å². The van der Waals surface area contributed by atoms with Crippen LogP contribution in [-0.2, 0) is 0 Å². The maximum absolute atomic E-state index is 14.4. The minimum atomic E-state index is -2.74. The first-order valence-corrected chi connectivity index (χ1v) is 8.06. The number of hydrogen-bond donors (Lipinski definition) is 1. The number of hydrogen-bond acceptors (Lipinski definition) is 3. The van der Waals surface area contributed by atoms with Crippen molar-refractivity contribution in [1.82, 2.24) is 4.98 Å². The van der Waals surface area contributed by atoms with E-state index in [9.17, 15) is 13.2 Å². The fourth-order valence-electron chi connectivity index (χ4n) is 3.59. The van der Waals surface area contributed by atoms with Gasteiger partial charge >= 0.3 is 0 Å². The summed E-state index contributed by atoms with van der Waals surface area (Å²) < 4.78 is 42.9. The first kappa shape index (κ1) is 15.3. The van der Waals surface area contributed by atoms with E-state index in [1.807, 2.05) is 0 Å². The molecule has 2 heterocycles. The van der Waals surface area contributed by atoms with Gasteiger partial charge < -0.3 is 10.6 Å². The smallest absolute Gasteiger partial charge is 0.270 e. The van der Waals surface area contributed by atoms with Crippen LogP contribution >= 0.6 is 0 Å². The molecule has 1 aromatic carbocycles. The number of aromatic nitrogens is 1. The molecule has 1 spiro atoms. The predicted molar refractivity (Wildman–Crippen MR) is 87.5 cm³/mol. The molecule has 126 valence electrons. The molecule has 6 heteroatoms. The highest BCUT2D eigenvalue weighted by atomic mass is 19.3. The van der Waals surface area contributed by atoms with Gasteiger partial charge in [-0.05, 0) is 31.4 Å². The molecule has 1 aromatic heterocycles. The van der Waals surface area contributed by atoms with Gasteiger partial charge in [-0.15, -0.1) is 0 Å². The van der Waals surface area contributed by atoms with Crippen molar-refractivity contribution in [2.24, 2.45) is 5.41 Å². The van der Waals surface area contributed by atoms with Gasteiger partial charge in [0.1, 0.15) is 5.82 Å². The lowest BCUT2D eigenvalue weighted by atomic mass is 9.89. The fourth-order valence-corrected chi connectivity index (χ4v) is 3.59. The van der Waals surface area contributed by atoms with E-state index in [0.29, 0.717) is 42.8 Å².